The summed E-state index contributed by atoms with van der Waals surface area (Å²) in [5, 5.41) is 3.08. The van der Waals surface area contributed by atoms with Gasteiger partial charge in [-0.2, -0.15) is 0 Å². The number of esters is 1. The molecule has 1 N–H and O–H groups in total. The Morgan fingerprint density at radius 2 is 1.94 bits per heavy atom. The lowest BCUT2D eigenvalue weighted by atomic mass is 9.49. The summed E-state index contributed by atoms with van der Waals surface area (Å²) in [5.41, 5.74) is 1.28. The van der Waals surface area contributed by atoms with Crippen LogP contribution in [-0.4, -0.2) is 43.7 Å². The molecule has 4 aliphatic carbocycles. The standard InChI is InChI=1S/C25H33NO6/c1-23-8-5-15(27)11-14(23)12-17(26-22(29)31-4)20-16-6-9-25(10-7-19(28)32-25)24(16,2)13-18(30-3)21(20)23/h11,16-17,20H,5-10,12-13H2,1-4H3,(H,26,29)/t16?,17-,20?,23+,24+,25-/m1/s1. The Morgan fingerprint density at radius 3 is 2.59 bits per heavy atom. The van der Waals surface area contributed by atoms with Gasteiger partial charge < -0.3 is 19.5 Å². The van der Waals surface area contributed by atoms with E-state index in [0.717, 1.165) is 37.0 Å². The maximum atomic E-state index is 12.3. The van der Waals surface area contributed by atoms with Crippen LogP contribution >= 0.6 is 0 Å². The molecule has 0 bridgehead atoms. The summed E-state index contributed by atoms with van der Waals surface area (Å²) < 4.78 is 17.1. The van der Waals surface area contributed by atoms with E-state index in [0.29, 0.717) is 25.7 Å². The number of allylic oxidation sites excluding steroid dienone is 2. The summed E-state index contributed by atoms with van der Waals surface area (Å²) >= 11 is 0. The third kappa shape index (κ3) is 2.75. The Kier molecular flexibility index (Phi) is 4.77. The smallest absolute Gasteiger partial charge is 0.407 e. The highest BCUT2D eigenvalue weighted by Gasteiger charge is 2.68. The normalized spacial score (nSPS) is 42.6. The minimum Gasteiger partial charge on any atom is -0.501 e. The van der Waals surface area contributed by atoms with Gasteiger partial charge in [-0.05, 0) is 49.7 Å². The molecule has 5 aliphatic rings. The quantitative estimate of drug-likeness (QED) is 0.653. The molecule has 0 aromatic heterocycles. The molecule has 1 spiro atoms. The Hall–Kier alpha value is -2.31. The highest BCUT2D eigenvalue weighted by Crippen LogP contribution is 2.69. The van der Waals surface area contributed by atoms with E-state index in [2.05, 4.69) is 19.2 Å². The van der Waals surface area contributed by atoms with Gasteiger partial charge in [0.05, 0.1) is 20.0 Å². The molecular weight excluding hydrogens is 410 g/mol. The third-order valence-corrected chi connectivity index (χ3v) is 9.47. The Morgan fingerprint density at radius 1 is 1.16 bits per heavy atom. The van der Waals surface area contributed by atoms with Crippen molar-refractivity contribution in [2.45, 2.75) is 76.9 Å². The topological polar surface area (TPSA) is 90.9 Å². The number of rotatable bonds is 2. The zero-order valence-corrected chi connectivity index (χ0v) is 19.4. The van der Waals surface area contributed by atoms with E-state index in [1.54, 1.807) is 13.2 Å². The molecule has 1 amide bonds. The van der Waals surface area contributed by atoms with Crippen molar-refractivity contribution in [3.05, 3.63) is 23.0 Å². The second-order valence-corrected chi connectivity index (χ2v) is 10.7. The Labute approximate surface area is 188 Å². The van der Waals surface area contributed by atoms with E-state index in [-0.39, 0.29) is 40.5 Å². The molecule has 3 fully saturated rings. The van der Waals surface area contributed by atoms with Crippen molar-refractivity contribution in [3.8, 4) is 0 Å². The maximum absolute atomic E-state index is 12.3. The van der Waals surface area contributed by atoms with E-state index in [4.69, 9.17) is 14.2 Å². The van der Waals surface area contributed by atoms with Crippen LogP contribution in [0.15, 0.2) is 23.0 Å². The van der Waals surface area contributed by atoms with Gasteiger partial charge in [0, 0.05) is 42.1 Å². The number of methoxy groups -OCH3 is 2. The number of hydrogen-bond acceptors (Lipinski definition) is 6. The average molecular weight is 444 g/mol. The first-order valence-corrected chi connectivity index (χ1v) is 11.8. The molecule has 32 heavy (non-hydrogen) atoms. The molecule has 0 aromatic rings. The van der Waals surface area contributed by atoms with Crippen molar-refractivity contribution in [2.24, 2.45) is 22.7 Å². The number of amides is 1. The van der Waals surface area contributed by atoms with Crippen LogP contribution in [0, 0.1) is 22.7 Å². The summed E-state index contributed by atoms with van der Waals surface area (Å²) in [5.74, 6) is 1.23. The zero-order chi connectivity index (χ0) is 22.9. The first-order chi connectivity index (χ1) is 15.2. The summed E-state index contributed by atoms with van der Waals surface area (Å²) in [6, 6.07) is -0.204. The number of carbonyl (C=O) groups is 3. The maximum Gasteiger partial charge on any atom is 0.407 e. The lowest BCUT2D eigenvalue weighted by molar-refractivity contribution is -0.162. The number of carbonyl (C=O) groups excluding carboxylic acids is 3. The van der Waals surface area contributed by atoms with Gasteiger partial charge in [0.25, 0.3) is 0 Å². The van der Waals surface area contributed by atoms with E-state index >= 15 is 0 Å². The van der Waals surface area contributed by atoms with E-state index in [9.17, 15) is 14.4 Å². The van der Waals surface area contributed by atoms with Crippen molar-refractivity contribution in [1.82, 2.24) is 5.32 Å². The molecule has 5 rings (SSSR count). The number of fused-ring (bicyclic) bond motifs is 6. The molecule has 6 atom stereocenters. The molecule has 0 radical (unpaired) electrons. The lowest BCUT2D eigenvalue weighted by Gasteiger charge is -2.57. The molecule has 1 aliphatic heterocycles. The van der Waals surface area contributed by atoms with Crippen LogP contribution in [0.4, 0.5) is 4.79 Å². The summed E-state index contributed by atoms with van der Waals surface area (Å²) in [6.45, 7) is 4.47. The van der Waals surface area contributed by atoms with Gasteiger partial charge in [-0.3, -0.25) is 9.59 Å². The first-order valence-electron chi connectivity index (χ1n) is 11.8. The van der Waals surface area contributed by atoms with Gasteiger partial charge >= 0.3 is 12.1 Å². The average Bonchev–Trinajstić information content (AvgIpc) is 3.28. The Bertz CT molecular complexity index is 952. The third-order valence-electron chi connectivity index (χ3n) is 9.47. The fourth-order valence-electron chi connectivity index (χ4n) is 7.82. The zero-order valence-electron chi connectivity index (χ0n) is 19.4. The van der Waals surface area contributed by atoms with E-state index < -0.39 is 11.7 Å². The van der Waals surface area contributed by atoms with Crippen LogP contribution in [0.2, 0.25) is 0 Å². The number of ether oxygens (including phenoxy) is 3. The highest BCUT2D eigenvalue weighted by atomic mass is 16.6. The number of nitrogens with one attached hydrogen (secondary N) is 1. The highest BCUT2D eigenvalue weighted by molar-refractivity contribution is 5.92. The lowest BCUT2D eigenvalue weighted by Crippen LogP contribution is -2.58. The van der Waals surface area contributed by atoms with Gasteiger partial charge in [0.2, 0.25) is 0 Å². The fourth-order valence-corrected chi connectivity index (χ4v) is 7.82. The van der Waals surface area contributed by atoms with E-state index in [1.165, 1.54) is 12.7 Å². The minimum atomic E-state index is -0.473. The fraction of sp³-hybridized carbons (Fsp3) is 0.720. The van der Waals surface area contributed by atoms with Crippen LogP contribution in [0.1, 0.15) is 65.2 Å². The van der Waals surface area contributed by atoms with Crippen molar-refractivity contribution >= 4 is 17.8 Å². The monoisotopic (exact) mass is 443 g/mol. The molecule has 7 nitrogen and oxygen atoms in total. The molecule has 2 saturated carbocycles. The number of alkyl carbamates (subject to hydrolysis) is 1. The van der Waals surface area contributed by atoms with Crippen molar-refractivity contribution < 1.29 is 28.6 Å². The minimum absolute atomic E-state index is 0.0387. The van der Waals surface area contributed by atoms with Crippen LogP contribution < -0.4 is 5.32 Å². The summed E-state index contributed by atoms with van der Waals surface area (Å²) in [4.78, 5) is 36.8. The van der Waals surface area contributed by atoms with Gasteiger partial charge in [0.15, 0.2) is 5.78 Å². The van der Waals surface area contributed by atoms with Crippen LogP contribution in [-0.2, 0) is 23.8 Å². The predicted octanol–water partition coefficient (Wildman–Crippen LogP) is 3.82. The molecule has 7 heteroatoms. The van der Waals surface area contributed by atoms with Crippen molar-refractivity contribution in [1.29, 1.82) is 0 Å². The van der Waals surface area contributed by atoms with Crippen molar-refractivity contribution in [3.63, 3.8) is 0 Å². The van der Waals surface area contributed by atoms with Gasteiger partial charge in [-0.25, -0.2) is 4.79 Å². The van der Waals surface area contributed by atoms with Crippen LogP contribution in [0.5, 0.6) is 0 Å². The Balaban J connectivity index is 1.67. The second-order valence-electron chi connectivity index (χ2n) is 10.7. The van der Waals surface area contributed by atoms with Gasteiger partial charge in [0.1, 0.15) is 5.60 Å². The molecular formula is C25H33NO6. The second kappa shape index (κ2) is 7.09. The van der Waals surface area contributed by atoms with Crippen LogP contribution in [0.25, 0.3) is 0 Å². The van der Waals surface area contributed by atoms with Crippen molar-refractivity contribution in [2.75, 3.05) is 14.2 Å². The van der Waals surface area contributed by atoms with Gasteiger partial charge in [-0.15, -0.1) is 0 Å². The molecule has 174 valence electrons. The number of hydrogen-bond donors (Lipinski definition) is 1. The van der Waals surface area contributed by atoms with Gasteiger partial charge in [-0.1, -0.05) is 19.4 Å². The van der Waals surface area contributed by atoms with E-state index in [1.807, 2.05) is 0 Å². The summed E-state index contributed by atoms with van der Waals surface area (Å²) in [7, 11) is 3.08. The van der Waals surface area contributed by atoms with Crippen LogP contribution in [0.3, 0.4) is 0 Å². The predicted molar refractivity (Wildman–Crippen MR) is 115 cm³/mol. The molecule has 2 unspecified atom stereocenters. The molecule has 0 aromatic carbocycles. The summed E-state index contributed by atoms with van der Waals surface area (Å²) in [6.07, 6.45) is 6.88. The largest absolute Gasteiger partial charge is 0.501 e. The molecule has 1 saturated heterocycles. The SMILES string of the molecule is COC(=O)N[C@@H]1CC2=CC(=O)CC[C@]2(C)C2=C(OC)C[C@@]3(C)C(CC[C@@]34CCC(=O)O4)C21. The first kappa shape index (κ1) is 21.5. The number of ketones is 1. The molecule has 1 heterocycles.